The number of carbonyl (C=O) groups excluding carboxylic acids is 2. The molecule has 0 aliphatic heterocycles. The van der Waals surface area contributed by atoms with Crippen molar-refractivity contribution < 1.29 is 19.1 Å². The van der Waals surface area contributed by atoms with Crippen LogP contribution < -0.4 is 5.73 Å². The van der Waals surface area contributed by atoms with Gasteiger partial charge in [-0.25, -0.2) is 4.79 Å². The highest BCUT2D eigenvalue weighted by Gasteiger charge is 2.40. The van der Waals surface area contributed by atoms with Crippen LogP contribution in [0.5, 0.6) is 0 Å². The number of hydrogen-bond acceptors (Lipinski definition) is 7. The van der Waals surface area contributed by atoms with Crippen molar-refractivity contribution in [1.29, 1.82) is 5.26 Å². The fourth-order valence-corrected chi connectivity index (χ4v) is 5.08. The fourth-order valence-electron chi connectivity index (χ4n) is 4.16. The van der Waals surface area contributed by atoms with Gasteiger partial charge in [0.1, 0.15) is 22.6 Å². The van der Waals surface area contributed by atoms with Crippen molar-refractivity contribution >= 4 is 28.3 Å². The summed E-state index contributed by atoms with van der Waals surface area (Å²) in [5.41, 5.74) is 6.36. The topological polar surface area (TPSA) is 102 Å². The molecule has 2 aliphatic carbocycles. The quantitative estimate of drug-likeness (QED) is 0.779. The Balaban J connectivity index is 1.64. The van der Waals surface area contributed by atoms with E-state index in [9.17, 15) is 14.9 Å². The maximum absolute atomic E-state index is 12.2. The van der Waals surface area contributed by atoms with Crippen LogP contribution in [0.25, 0.3) is 0 Å². The molecule has 3 rings (SSSR count). The van der Waals surface area contributed by atoms with Gasteiger partial charge in [0.25, 0.3) is 0 Å². The van der Waals surface area contributed by atoms with E-state index in [2.05, 4.69) is 0 Å². The highest BCUT2D eigenvalue weighted by atomic mass is 32.1. The molecular weight excluding hydrogens is 340 g/mol. The van der Waals surface area contributed by atoms with Crippen LogP contribution in [0, 0.1) is 29.1 Å². The number of carbonyl (C=O) groups is 2. The normalized spacial score (nSPS) is 24.1. The molecule has 6 nitrogen and oxygen atoms in total. The molecule has 2 aliphatic rings. The molecule has 2 fully saturated rings. The van der Waals surface area contributed by atoms with Crippen LogP contribution in [-0.4, -0.2) is 18.5 Å². The van der Waals surface area contributed by atoms with E-state index in [1.807, 2.05) is 6.07 Å². The van der Waals surface area contributed by atoms with Crippen LogP contribution in [0.3, 0.4) is 0 Å². The second-order valence-corrected chi connectivity index (χ2v) is 7.83. The minimum absolute atomic E-state index is 0.121. The lowest BCUT2D eigenvalue weighted by Crippen LogP contribution is -2.17. The summed E-state index contributed by atoms with van der Waals surface area (Å²) < 4.78 is 10.4. The monoisotopic (exact) mass is 362 g/mol. The zero-order chi connectivity index (χ0) is 18.0. The number of nitriles is 1. The minimum atomic E-state index is -0.542. The molecule has 25 heavy (non-hydrogen) atoms. The van der Waals surface area contributed by atoms with Gasteiger partial charge in [-0.3, -0.25) is 4.79 Å². The minimum Gasteiger partial charge on any atom is -0.462 e. The summed E-state index contributed by atoms with van der Waals surface area (Å²) in [7, 11) is 0. The second kappa shape index (κ2) is 7.44. The Morgan fingerprint density at radius 3 is 2.72 bits per heavy atom. The standard InChI is InChI=1S/C18H22N2O4S/c1-2-23-18(22)16-14(13(8-19)17(20)25-16)9-24-15(21)7-12-6-10-3-4-11(12)5-10/h10-12H,2-7,9,20H2,1H3. The molecule has 1 aromatic heterocycles. The summed E-state index contributed by atoms with van der Waals surface area (Å²) in [5, 5.41) is 9.52. The van der Waals surface area contributed by atoms with E-state index in [1.54, 1.807) is 6.92 Å². The number of esters is 2. The fraction of sp³-hybridized carbons (Fsp3) is 0.611. The van der Waals surface area contributed by atoms with Crippen molar-refractivity contribution in [1.82, 2.24) is 0 Å². The molecule has 1 heterocycles. The molecular formula is C18H22N2O4S. The summed E-state index contributed by atoms with van der Waals surface area (Å²) >= 11 is 0.997. The van der Waals surface area contributed by atoms with Crippen molar-refractivity contribution in [3.63, 3.8) is 0 Å². The lowest BCUT2D eigenvalue weighted by molar-refractivity contribution is -0.146. The van der Waals surface area contributed by atoms with E-state index in [0.717, 1.165) is 23.7 Å². The van der Waals surface area contributed by atoms with E-state index in [1.165, 1.54) is 19.3 Å². The SMILES string of the molecule is CCOC(=O)c1sc(N)c(C#N)c1COC(=O)CC1CC2CCC1C2. The molecule has 0 saturated heterocycles. The van der Waals surface area contributed by atoms with Gasteiger partial charge in [-0.05, 0) is 43.9 Å². The summed E-state index contributed by atoms with van der Waals surface area (Å²) in [5.74, 6) is 1.03. The maximum Gasteiger partial charge on any atom is 0.348 e. The van der Waals surface area contributed by atoms with Gasteiger partial charge < -0.3 is 15.2 Å². The van der Waals surface area contributed by atoms with Crippen molar-refractivity contribution in [3.8, 4) is 6.07 Å². The number of nitrogens with zero attached hydrogens (tertiary/aromatic N) is 1. The number of nitrogen functional groups attached to an aromatic ring is 1. The van der Waals surface area contributed by atoms with Gasteiger partial charge in [0.2, 0.25) is 0 Å². The van der Waals surface area contributed by atoms with Crippen LogP contribution in [0.1, 0.15) is 59.8 Å². The first kappa shape index (κ1) is 17.7. The lowest BCUT2D eigenvalue weighted by atomic mass is 9.86. The highest BCUT2D eigenvalue weighted by molar-refractivity contribution is 7.18. The number of fused-ring (bicyclic) bond motifs is 2. The second-order valence-electron chi connectivity index (χ2n) is 6.78. The van der Waals surface area contributed by atoms with E-state index < -0.39 is 5.97 Å². The van der Waals surface area contributed by atoms with Gasteiger partial charge >= 0.3 is 11.9 Å². The Morgan fingerprint density at radius 1 is 1.32 bits per heavy atom. The Morgan fingerprint density at radius 2 is 2.12 bits per heavy atom. The smallest absolute Gasteiger partial charge is 0.348 e. The van der Waals surface area contributed by atoms with Crippen LogP contribution in [0.4, 0.5) is 5.00 Å². The predicted molar refractivity (Wildman–Crippen MR) is 92.8 cm³/mol. The van der Waals surface area contributed by atoms with E-state index in [0.29, 0.717) is 23.8 Å². The summed E-state index contributed by atoms with van der Waals surface area (Å²) in [4.78, 5) is 24.5. The number of ether oxygens (including phenoxy) is 2. The van der Waals surface area contributed by atoms with E-state index in [-0.39, 0.29) is 34.6 Å². The van der Waals surface area contributed by atoms with Gasteiger partial charge in [0, 0.05) is 12.0 Å². The highest BCUT2D eigenvalue weighted by Crippen LogP contribution is 2.49. The molecule has 2 N–H and O–H groups in total. The van der Waals surface area contributed by atoms with E-state index in [4.69, 9.17) is 15.2 Å². The molecule has 3 atom stereocenters. The molecule has 2 bridgehead atoms. The molecule has 0 radical (unpaired) electrons. The van der Waals surface area contributed by atoms with Gasteiger partial charge in [-0.2, -0.15) is 5.26 Å². The van der Waals surface area contributed by atoms with Crippen LogP contribution in [0.2, 0.25) is 0 Å². The third kappa shape index (κ3) is 3.64. The van der Waals surface area contributed by atoms with Crippen molar-refractivity contribution in [2.45, 2.75) is 45.6 Å². The Hall–Kier alpha value is -2.07. The third-order valence-corrected chi connectivity index (χ3v) is 6.34. The van der Waals surface area contributed by atoms with Crippen LogP contribution in [-0.2, 0) is 20.9 Å². The van der Waals surface area contributed by atoms with Crippen molar-refractivity contribution in [3.05, 3.63) is 16.0 Å². The molecule has 0 spiro atoms. The zero-order valence-corrected chi connectivity index (χ0v) is 15.1. The molecule has 3 unspecified atom stereocenters. The third-order valence-electron chi connectivity index (χ3n) is 5.30. The number of rotatable bonds is 6. The van der Waals surface area contributed by atoms with Crippen molar-refractivity contribution in [2.75, 3.05) is 12.3 Å². The Bertz CT molecular complexity index is 721. The average molecular weight is 362 g/mol. The Labute approximate surface area is 150 Å². The van der Waals surface area contributed by atoms with Gasteiger partial charge in [0.05, 0.1) is 12.2 Å². The molecule has 0 aromatic carbocycles. The van der Waals surface area contributed by atoms with Gasteiger partial charge in [-0.1, -0.05) is 6.42 Å². The molecule has 134 valence electrons. The molecule has 1 aromatic rings. The zero-order valence-electron chi connectivity index (χ0n) is 14.2. The van der Waals surface area contributed by atoms with Gasteiger partial charge in [0.15, 0.2) is 0 Å². The first-order valence-electron chi connectivity index (χ1n) is 8.67. The average Bonchev–Trinajstić information content (AvgIpc) is 3.27. The lowest BCUT2D eigenvalue weighted by Gasteiger charge is -2.20. The largest absolute Gasteiger partial charge is 0.462 e. The summed E-state index contributed by atoms with van der Waals surface area (Å²) in [6, 6.07) is 1.99. The molecule has 0 amide bonds. The Kier molecular flexibility index (Phi) is 5.28. The van der Waals surface area contributed by atoms with Crippen LogP contribution >= 0.6 is 11.3 Å². The number of nitrogens with two attached hydrogens (primary N) is 1. The molecule has 2 saturated carbocycles. The number of anilines is 1. The van der Waals surface area contributed by atoms with E-state index >= 15 is 0 Å². The van der Waals surface area contributed by atoms with Gasteiger partial charge in [-0.15, -0.1) is 11.3 Å². The summed E-state index contributed by atoms with van der Waals surface area (Å²) in [6.07, 6.45) is 5.28. The van der Waals surface area contributed by atoms with Crippen molar-refractivity contribution in [2.24, 2.45) is 17.8 Å². The summed E-state index contributed by atoms with van der Waals surface area (Å²) in [6.45, 7) is 1.81. The maximum atomic E-state index is 12.2. The number of hydrogen-bond donors (Lipinski definition) is 1. The first-order valence-corrected chi connectivity index (χ1v) is 9.49. The molecule has 7 heteroatoms. The number of thiophene rings is 1. The van der Waals surface area contributed by atoms with Crippen LogP contribution in [0.15, 0.2) is 0 Å². The predicted octanol–water partition coefficient (Wildman–Crippen LogP) is 3.25. The first-order chi connectivity index (χ1) is 12.0.